The molecule has 0 bridgehead atoms. The van der Waals surface area contributed by atoms with Gasteiger partial charge in [-0.25, -0.2) is 4.98 Å². The van der Waals surface area contributed by atoms with E-state index in [1.54, 1.807) is 20.3 Å². The highest BCUT2D eigenvalue weighted by Gasteiger charge is 2.12. The highest BCUT2D eigenvalue weighted by molar-refractivity contribution is 5.66. The van der Waals surface area contributed by atoms with E-state index in [1.807, 2.05) is 19.1 Å². The van der Waals surface area contributed by atoms with Gasteiger partial charge in [-0.1, -0.05) is 0 Å². The van der Waals surface area contributed by atoms with Gasteiger partial charge < -0.3 is 19.6 Å². The van der Waals surface area contributed by atoms with Gasteiger partial charge in [0.25, 0.3) is 0 Å². The summed E-state index contributed by atoms with van der Waals surface area (Å²) in [5.74, 6) is 2.07. The maximum atomic E-state index is 9.15. The third-order valence-corrected chi connectivity index (χ3v) is 2.80. The summed E-state index contributed by atoms with van der Waals surface area (Å²) in [6.07, 6.45) is 0. The summed E-state index contributed by atoms with van der Waals surface area (Å²) in [6.45, 7) is 1.79. The fourth-order valence-electron chi connectivity index (χ4n) is 1.77. The Morgan fingerprint density at radius 1 is 1.28 bits per heavy atom. The lowest BCUT2D eigenvalue weighted by molar-refractivity contribution is 0.276. The summed E-state index contributed by atoms with van der Waals surface area (Å²) in [4.78, 5) is 7.47. The van der Waals surface area contributed by atoms with Crippen LogP contribution < -0.4 is 9.47 Å². The van der Waals surface area contributed by atoms with Crippen molar-refractivity contribution in [3.8, 4) is 22.9 Å². The van der Waals surface area contributed by atoms with Crippen molar-refractivity contribution in [1.82, 2.24) is 9.97 Å². The van der Waals surface area contributed by atoms with Crippen LogP contribution in [0.4, 0.5) is 0 Å². The lowest BCUT2D eigenvalue weighted by Gasteiger charge is -2.08. The fraction of sp³-hybridized carbons (Fsp3) is 0.308. The van der Waals surface area contributed by atoms with Crippen LogP contribution in [0.25, 0.3) is 11.4 Å². The molecular formula is C13H16N2O3. The second-order valence-electron chi connectivity index (χ2n) is 3.88. The molecule has 0 fully saturated rings. The fourth-order valence-corrected chi connectivity index (χ4v) is 1.77. The van der Waals surface area contributed by atoms with E-state index in [4.69, 9.17) is 14.6 Å². The number of aliphatic hydroxyl groups excluding tert-OH is 1. The smallest absolute Gasteiger partial charge is 0.141 e. The van der Waals surface area contributed by atoms with Gasteiger partial charge in [-0.2, -0.15) is 0 Å². The van der Waals surface area contributed by atoms with Crippen LogP contribution in [-0.4, -0.2) is 29.3 Å². The monoisotopic (exact) mass is 248 g/mol. The van der Waals surface area contributed by atoms with Gasteiger partial charge in [0, 0.05) is 11.8 Å². The molecule has 1 heterocycles. The summed E-state index contributed by atoms with van der Waals surface area (Å²) in [5.41, 5.74) is 2.33. The quantitative estimate of drug-likeness (QED) is 0.867. The number of nitrogens with zero attached hydrogens (tertiary/aromatic N) is 1. The Hall–Kier alpha value is -2.01. The highest BCUT2D eigenvalue weighted by Crippen LogP contribution is 2.32. The number of hydrogen-bond donors (Lipinski definition) is 2. The predicted molar refractivity (Wildman–Crippen MR) is 67.8 cm³/mol. The number of H-pyrrole nitrogens is 1. The molecule has 1 aromatic heterocycles. The van der Waals surface area contributed by atoms with Gasteiger partial charge in [0.15, 0.2) is 0 Å². The number of nitrogens with one attached hydrogen (secondary N) is 1. The van der Waals surface area contributed by atoms with E-state index in [2.05, 4.69) is 9.97 Å². The van der Waals surface area contributed by atoms with Gasteiger partial charge in [0.2, 0.25) is 0 Å². The van der Waals surface area contributed by atoms with E-state index >= 15 is 0 Å². The predicted octanol–water partition coefficient (Wildman–Crippen LogP) is 1.89. The van der Waals surface area contributed by atoms with Crippen LogP contribution >= 0.6 is 0 Å². The molecule has 1 aromatic carbocycles. The first-order valence-corrected chi connectivity index (χ1v) is 5.58. The summed E-state index contributed by atoms with van der Waals surface area (Å²) in [6, 6.07) is 5.51. The number of aliphatic hydroxyl groups is 1. The van der Waals surface area contributed by atoms with Crippen LogP contribution in [0.1, 0.15) is 11.4 Å². The molecule has 0 aliphatic carbocycles. The normalized spacial score (nSPS) is 10.4. The lowest BCUT2D eigenvalue weighted by Crippen LogP contribution is -1.91. The minimum Gasteiger partial charge on any atom is -0.497 e. The van der Waals surface area contributed by atoms with Crippen molar-refractivity contribution in [2.24, 2.45) is 0 Å². The van der Waals surface area contributed by atoms with Gasteiger partial charge in [0.1, 0.15) is 17.3 Å². The number of methoxy groups -OCH3 is 2. The molecule has 0 spiro atoms. The molecule has 0 amide bonds. The Bertz CT molecular complexity index is 549. The van der Waals surface area contributed by atoms with E-state index < -0.39 is 0 Å². The molecule has 0 aliphatic heterocycles. The maximum absolute atomic E-state index is 9.15. The molecule has 5 nitrogen and oxygen atoms in total. The zero-order valence-electron chi connectivity index (χ0n) is 10.7. The summed E-state index contributed by atoms with van der Waals surface area (Å²) in [7, 11) is 3.20. The first-order chi connectivity index (χ1) is 8.69. The Morgan fingerprint density at radius 3 is 2.61 bits per heavy atom. The van der Waals surface area contributed by atoms with Gasteiger partial charge in [0.05, 0.1) is 32.1 Å². The first-order valence-electron chi connectivity index (χ1n) is 5.58. The van der Waals surface area contributed by atoms with Crippen molar-refractivity contribution in [2.75, 3.05) is 14.2 Å². The standard InChI is InChI=1S/C13H16N2O3/c1-8-11(7-16)15-13(14-8)10-5-4-9(17-2)6-12(10)18-3/h4-6,16H,7H2,1-3H3,(H,14,15). The topological polar surface area (TPSA) is 67.4 Å². The minimum atomic E-state index is -0.0825. The first kappa shape index (κ1) is 12.4. The molecule has 2 N–H and O–H groups in total. The third kappa shape index (κ3) is 2.17. The molecular weight excluding hydrogens is 232 g/mol. The third-order valence-electron chi connectivity index (χ3n) is 2.80. The van der Waals surface area contributed by atoms with Crippen molar-refractivity contribution in [2.45, 2.75) is 13.5 Å². The Kier molecular flexibility index (Phi) is 3.53. The van der Waals surface area contributed by atoms with E-state index in [-0.39, 0.29) is 6.61 Å². The zero-order valence-corrected chi connectivity index (χ0v) is 10.7. The second kappa shape index (κ2) is 5.10. The summed E-state index contributed by atoms with van der Waals surface area (Å²) < 4.78 is 10.5. The van der Waals surface area contributed by atoms with E-state index in [1.165, 1.54) is 0 Å². The molecule has 0 saturated heterocycles. The average Bonchev–Trinajstić information content (AvgIpc) is 2.79. The summed E-state index contributed by atoms with van der Waals surface area (Å²) >= 11 is 0. The molecule has 0 saturated carbocycles. The number of benzene rings is 1. The number of aromatic nitrogens is 2. The van der Waals surface area contributed by atoms with Crippen LogP contribution in [0.3, 0.4) is 0 Å². The Balaban J connectivity index is 2.48. The largest absolute Gasteiger partial charge is 0.497 e. The van der Waals surface area contributed by atoms with E-state index in [0.717, 1.165) is 17.0 Å². The molecule has 2 rings (SSSR count). The minimum absolute atomic E-state index is 0.0825. The highest BCUT2D eigenvalue weighted by atomic mass is 16.5. The second-order valence-corrected chi connectivity index (χ2v) is 3.88. The van der Waals surface area contributed by atoms with Gasteiger partial charge >= 0.3 is 0 Å². The van der Waals surface area contributed by atoms with Crippen molar-refractivity contribution in [3.05, 3.63) is 29.6 Å². The zero-order chi connectivity index (χ0) is 13.1. The number of aromatic amines is 1. The van der Waals surface area contributed by atoms with Crippen LogP contribution in [0.15, 0.2) is 18.2 Å². The van der Waals surface area contributed by atoms with Crippen LogP contribution in [0.2, 0.25) is 0 Å². The van der Waals surface area contributed by atoms with Gasteiger partial charge in [-0.15, -0.1) is 0 Å². The lowest BCUT2D eigenvalue weighted by atomic mass is 10.2. The number of ether oxygens (including phenoxy) is 2. The SMILES string of the molecule is COc1ccc(-c2nc(CO)c(C)[nH]2)c(OC)c1. The van der Waals surface area contributed by atoms with E-state index in [9.17, 15) is 0 Å². The molecule has 2 aromatic rings. The molecule has 0 radical (unpaired) electrons. The molecule has 0 aliphatic rings. The average molecular weight is 248 g/mol. The van der Waals surface area contributed by atoms with Crippen LogP contribution in [0.5, 0.6) is 11.5 Å². The molecule has 5 heteroatoms. The van der Waals surface area contributed by atoms with Crippen molar-refractivity contribution < 1.29 is 14.6 Å². The molecule has 96 valence electrons. The Morgan fingerprint density at radius 2 is 2.06 bits per heavy atom. The molecule has 18 heavy (non-hydrogen) atoms. The maximum Gasteiger partial charge on any atom is 0.141 e. The van der Waals surface area contributed by atoms with E-state index in [0.29, 0.717) is 17.3 Å². The summed E-state index contributed by atoms with van der Waals surface area (Å²) in [5, 5.41) is 9.15. The van der Waals surface area contributed by atoms with Crippen LogP contribution in [0, 0.1) is 6.92 Å². The number of hydrogen-bond acceptors (Lipinski definition) is 4. The van der Waals surface area contributed by atoms with Crippen molar-refractivity contribution in [3.63, 3.8) is 0 Å². The van der Waals surface area contributed by atoms with Crippen molar-refractivity contribution in [1.29, 1.82) is 0 Å². The van der Waals surface area contributed by atoms with Gasteiger partial charge in [-0.3, -0.25) is 0 Å². The molecule has 0 unspecified atom stereocenters. The number of aryl methyl sites for hydroxylation is 1. The number of imidazole rings is 1. The van der Waals surface area contributed by atoms with Gasteiger partial charge in [-0.05, 0) is 19.1 Å². The number of rotatable bonds is 4. The van der Waals surface area contributed by atoms with Crippen LogP contribution in [-0.2, 0) is 6.61 Å². The van der Waals surface area contributed by atoms with Crippen molar-refractivity contribution >= 4 is 0 Å². The molecule has 0 atom stereocenters. The Labute approximate surface area is 105 Å².